The van der Waals surface area contributed by atoms with Crippen LogP contribution in [0.4, 0.5) is 8.78 Å². The number of unbranched alkanes of at least 4 members (excludes halogenated alkanes) is 1. The molecule has 1 unspecified atom stereocenters. The summed E-state index contributed by atoms with van der Waals surface area (Å²) in [4.78, 5) is 0. The highest BCUT2D eigenvalue weighted by Crippen LogP contribution is 2.19. The van der Waals surface area contributed by atoms with Gasteiger partial charge in [-0.25, -0.2) is 4.39 Å². The van der Waals surface area contributed by atoms with Crippen molar-refractivity contribution in [1.29, 1.82) is 0 Å². The van der Waals surface area contributed by atoms with Crippen LogP contribution in [0.1, 0.15) is 12.8 Å². The van der Waals surface area contributed by atoms with Gasteiger partial charge in [0.1, 0.15) is 0 Å². The fourth-order valence-corrected chi connectivity index (χ4v) is 1.23. The monoisotopic (exact) mass is 234 g/mol. The van der Waals surface area contributed by atoms with Crippen molar-refractivity contribution in [2.24, 2.45) is 0 Å². The predicted molar refractivity (Wildman–Crippen MR) is 56.7 cm³/mol. The number of ether oxygens (including phenoxy) is 1. The van der Waals surface area contributed by atoms with E-state index in [1.165, 1.54) is 12.1 Å². The molecule has 0 radical (unpaired) electrons. The van der Waals surface area contributed by atoms with Crippen LogP contribution < -0.4 is 4.74 Å². The smallest absolute Gasteiger partial charge is 0.200 e. The van der Waals surface area contributed by atoms with Gasteiger partial charge >= 0.3 is 0 Å². The third-order valence-electron chi connectivity index (χ3n) is 1.83. The molecular weight excluding hydrogens is 221 g/mol. The van der Waals surface area contributed by atoms with Gasteiger partial charge in [0.15, 0.2) is 11.6 Å². The number of hydrogen-bond acceptors (Lipinski definition) is 2. The molecule has 0 N–H and O–H groups in total. The van der Waals surface area contributed by atoms with E-state index in [-0.39, 0.29) is 5.75 Å². The molecule has 5 heteroatoms. The normalized spacial score (nSPS) is 10.3. The Kier molecular flexibility index (Phi) is 5.51. The third kappa shape index (κ3) is 4.10. The van der Waals surface area contributed by atoms with E-state index in [0.717, 1.165) is 18.9 Å². The zero-order chi connectivity index (χ0) is 11.1. The molecule has 15 heavy (non-hydrogen) atoms. The van der Waals surface area contributed by atoms with E-state index < -0.39 is 11.6 Å². The molecular formula is C10H13F2O2P. The average Bonchev–Trinajstić information content (AvgIpc) is 2.24. The van der Waals surface area contributed by atoms with E-state index in [9.17, 15) is 8.78 Å². The first kappa shape index (κ1) is 12.3. The van der Waals surface area contributed by atoms with Crippen molar-refractivity contribution in [3.63, 3.8) is 0 Å². The Morgan fingerprint density at radius 2 is 1.87 bits per heavy atom. The lowest BCUT2D eigenvalue weighted by Gasteiger charge is -2.06. The lowest BCUT2D eigenvalue weighted by molar-refractivity contribution is 0.269. The molecule has 0 heterocycles. The first-order valence-electron chi connectivity index (χ1n) is 4.64. The summed E-state index contributed by atoms with van der Waals surface area (Å²) in [6.45, 7) is 0.966. The Morgan fingerprint density at radius 1 is 1.13 bits per heavy atom. The second-order valence-electron chi connectivity index (χ2n) is 2.98. The van der Waals surface area contributed by atoms with E-state index in [4.69, 9.17) is 9.26 Å². The number of rotatable bonds is 6. The number of benzene rings is 1. The third-order valence-corrected chi connectivity index (χ3v) is 2.07. The van der Waals surface area contributed by atoms with Crippen LogP contribution in [0.15, 0.2) is 18.2 Å². The fraction of sp³-hybridized carbons (Fsp3) is 0.400. The van der Waals surface area contributed by atoms with Crippen molar-refractivity contribution in [3.05, 3.63) is 29.8 Å². The molecule has 0 aliphatic heterocycles. The molecule has 0 amide bonds. The highest BCUT2D eigenvalue weighted by Gasteiger charge is 2.07. The molecule has 1 aromatic carbocycles. The standard InChI is InChI=1S/C10H13F2O2P/c11-8-4-3-5-9(10(8)12)13-6-1-2-7-14-15/h3-5H,1-2,6-7,15H2. The van der Waals surface area contributed by atoms with Crippen molar-refractivity contribution < 1.29 is 18.0 Å². The highest BCUT2D eigenvalue weighted by atomic mass is 31.0. The molecule has 1 atom stereocenters. The van der Waals surface area contributed by atoms with Gasteiger partial charge in [-0.2, -0.15) is 4.39 Å². The molecule has 0 saturated heterocycles. The Labute approximate surface area is 89.9 Å². The Balaban J connectivity index is 2.34. The zero-order valence-electron chi connectivity index (χ0n) is 8.21. The maximum absolute atomic E-state index is 13.0. The average molecular weight is 234 g/mol. The largest absolute Gasteiger partial charge is 0.490 e. The topological polar surface area (TPSA) is 18.5 Å². The summed E-state index contributed by atoms with van der Waals surface area (Å²) in [5.41, 5.74) is 0. The maximum Gasteiger partial charge on any atom is 0.200 e. The second kappa shape index (κ2) is 6.70. The summed E-state index contributed by atoms with van der Waals surface area (Å²) in [5.74, 6) is -1.86. The van der Waals surface area contributed by atoms with Gasteiger partial charge < -0.3 is 9.26 Å². The minimum Gasteiger partial charge on any atom is -0.490 e. The van der Waals surface area contributed by atoms with Crippen LogP contribution in [0.5, 0.6) is 5.75 Å². The van der Waals surface area contributed by atoms with E-state index in [0.29, 0.717) is 13.2 Å². The van der Waals surface area contributed by atoms with Crippen LogP contribution in [0.25, 0.3) is 0 Å². The zero-order valence-corrected chi connectivity index (χ0v) is 9.36. The molecule has 0 aromatic heterocycles. The Hall–Kier alpha value is -0.730. The van der Waals surface area contributed by atoms with E-state index in [2.05, 4.69) is 9.47 Å². The van der Waals surface area contributed by atoms with Crippen LogP contribution >= 0.6 is 9.47 Å². The van der Waals surface area contributed by atoms with Gasteiger partial charge in [-0.3, -0.25) is 0 Å². The van der Waals surface area contributed by atoms with Crippen molar-refractivity contribution in [2.75, 3.05) is 13.2 Å². The molecule has 84 valence electrons. The van der Waals surface area contributed by atoms with Crippen LogP contribution in [-0.2, 0) is 4.52 Å². The van der Waals surface area contributed by atoms with Crippen molar-refractivity contribution >= 4 is 9.47 Å². The van der Waals surface area contributed by atoms with Crippen LogP contribution in [0.3, 0.4) is 0 Å². The maximum atomic E-state index is 13.0. The van der Waals surface area contributed by atoms with Crippen LogP contribution in [-0.4, -0.2) is 13.2 Å². The molecule has 0 fully saturated rings. The second-order valence-corrected chi connectivity index (χ2v) is 3.31. The number of halogens is 2. The molecule has 0 saturated carbocycles. The first-order chi connectivity index (χ1) is 7.25. The van der Waals surface area contributed by atoms with E-state index in [1.54, 1.807) is 0 Å². The molecule has 1 aromatic rings. The molecule has 1 rings (SSSR count). The van der Waals surface area contributed by atoms with E-state index in [1.807, 2.05) is 0 Å². The lowest BCUT2D eigenvalue weighted by Crippen LogP contribution is -2.01. The summed E-state index contributed by atoms with van der Waals surface area (Å²) >= 11 is 0. The summed E-state index contributed by atoms with van der Waals surface area (Å²) in [5, 5.41) is 0. The van der Waals surface area contributed by atoms with Crippen LogP contribution in [0, 0.1) is 11.6 Å². The summed E-state index contributed by atoms with van der Waals surface area (Å²) < 4.78 is 35.6. The molecule has 0 aliphatic rings. The van der Waals surface area contributed by atoms with Gasteiger partial charge in [0.05, 0.1) is 13.2 Å². The van der Waals surface area contributed by atoms with Crippen LogP contribution in [0.2, 0.25) is 0 Å². The van der Waals surface area contributed by atoms with Crippen molar-refractivity contribution in [1.82, 2.24) is 0 Å². The SMILES string of the molecule is Fc1cccc(OCCCCOP)c1F. The van der Waals surface area contributed by atoms with Gasteiger partial charge in [-0.15, -0.1) is 0 Å². The summed E-state index contributed by atoms with van der Waals surface area (Å²) in [6.07, 6.45) is 1.56. The molecule has 2 nitrogen and oxygen atoms in total. The number of hydrogen-bond donors (Lipinski definition) is 0. The van der Waals surface area contributed by atoms with E-state index >= 15 is 0 Å². The predicted octanol–water partition coefficient (Wildman–Crippen LogP) is 2.93. The molecule has 0 bridgehead atoms. The van der Waals surface area contributed by atoms with Crippen molar-refractivity contribution in [2.45, 2.75) is 12.8 Å². The minimum absolute atomic E-state index is 0.0400. The van der Waals surface area contributed by atoms with Gasteiger partial charge in [0, 0.05) is 9.47 Å². The highest BCUT2D eigenvalue weighted by molar-refractivity contribution is 7.09. The summed E-state index contributed by atoms with van der Waals surface area (Å²) in [7, 11) is 2.15. The summed E-state index contributed by atoms with van der Waals surface area (Å²) in [6, 6.07) is 3.88. The van der Waals surface area contributed by atoms with Gasteiger partial charge in [0.2, 0.25) is 5.82 Å². The first-order valence-corrected chi connectivity index (χ1v) is 5.11. The molecule has 0 aliphatic carbocycles. The van der Waals surface area contributed by atoms with Gasteiger partial charge in [-0.1, -0.05) is 6.07 Å². The lowest BCUT2D eigenvalue weighted by atomic mass is 10.3. The fourth-order valence-electron chi connectivity index (χ4n) is 1.07. The van der Waals surface area contributed by atoms with Gasteiger partial charge in [0.25, 0.3) is 0 Å². The quantitative estimate of drug-likeness (QED) is 0.556. The Morgan fingerprint density at radius 3 is 2.60 bits per heavy atom. The molecule has 0 spiro atoms. The van der Waals surface area contributed by atoms with Gasteiger partial charge in [-0.05, 0) is 25.0 Å². The minimum atomic E-state index is -0.931. The Bertz CT molecular complexity index is 307. The van der Waals surface area contributed by atoms with Crippen molar-refractivity contribution in [3.8, 4) is 5.75 Å².